The molecule has 0 bridgehead atoms. The van der Waals surface area contributed by atoms with Crippen molar-refractivity contribution in [3.63, 3.8) is 0 Å². The standard InChI is InChI=1S/C15H14F3NO2/c1-10-8-12(4-7-14(10)20)19-9-11-2-5-13(6-3-11)21-15(16,17)18/h2-8,19-20H,9H2,1H3. The summed E-state index contributed by atoms with van der Waals surface area (Å²) in [6.45, 7) is 2.24. The fraction of sp³-hybridized carbons (Fsp3) is 0.200. The van der Waals surface area contributed by atoms with Crippen LogP contribution in [0.25, 0.3) is 0 Å². The molecule has 2 aromatic carbocycles. The van der Waals surface area contributed by atoms with Crippen molar-refractivity contribution in [3.8, 4) is 11.5 Å². The Balaban J connectivity index is 1.96. The first-order valence-corrected chi connectivity index (χ1v) is 6.22. The summed E-state index contributed by atoms with van der Waals surface area (Å²) in [4.78, 5) is 0. The van der Waals surface area contributed by atoms with Gasteiger partial charge < -0.3 is 15.2 Å². The molecule has 2 aromatic rings. The number of ether oxygens (including phenoxy) is 1. The van der Waals surface area contributed by atoms with Crippen LogP contribution in [-0.4, -0.2) is 11.5 Å². The number of nitrogens with one attached hydrogen (secondary N) is 1. The van der Waals surface area contributed by atoms with Crippen molar-refractivity contribution >= 4 is 5.69 Å². The Morgan fingerprint density at radius 1 is 1.10 bits per heavy atom. The highest BCUT2D eigenvalue weighted by molar-refractivity contribution is 5.50. The maximum absolute atomic E-state index is 12.0. The molecule has 0 aliphatic carbocycles. The molecule has 3 nitrogen and oxygen atoms in total. The number of halogens is 3. The zero-order valence-electron chi connectivity index (χ0n) is 11.2. The fourth-order valence-electron chi connectivity index (χ4n) is 1.78. The van der Waals surface area contributed by atoms with Crippen LogP contribution in [-0.2, 0) is 6.54 Å². The molecule has 2 rings (SSSR count). The van der Waals surface area contributed by atoms with Gasteiger partial charge >= 0.3 is 6.36 Å². The number of phenolic OH excluding ortho intramolecular Hbond substituents is 1. The van der Waals surface area contributed by atoms with E-state index in [1.807, 2.05) is 0 Å². The molecular weight excluding hydrogens is 283 g/mol. The number of aryl methyl sites for hydroxylation is 1. The van der Waals surface area contributed by atoms with Crippen LogP contribution in [0, 0.1) is 6.92 Å². The zero-order valence-corrected chi connectivity index (χ0v) is 11.2. The first-order valence-electron chi connectivity index (χ1n) is 6.22. The molecule has 0 spiro atoms. The van der Waals surface area contributed by atoms with Crippen molar-refractivity contribution in [2.45, 2.75) is 19.8 Å². The topological polar surface area (TPSA) is 41.5 Å². The molecule has 2 N–H and O–H groups in total. The van der Waals surface area contributed by atoms with E-state index in [0.29, 0.717) is 6.54 Å². The summed E-state index contributed by atoms with van der Waals surface area (Å²) < 4.78 is 39.9. The van der Waals surface area contributed by atoms with Crippen LogP contribution in [0.15, 0.2) is 42.5 Å². The summed E-state index contributed by atoms with van der Waals surface area (Å²) in [6.07, 6.45) is -4.68. The van der Waals surface area contributed by atoms with Crippen LogP contribution in [0.1, 0.15) is 11.1 Å². The maximum Gasteiger partial charge on any atom is 0.573 e. The van der Waals surface area contributed by atoms with Gasteiger partial charge in [-0.2, -0.15) is 0 Å². The normalized spacial score (nSPS) is 11.2. The molecule has 0 atom stereocenters. The largest absolute Gasteiger partial charge is 0.573 e. The van der Waals surface area contributed by atoms with E-state index in [1.165, 1.54) is 12.1 Å². The van der Waals surface area contributed by atoms with E-state index in [-0.39, 0.29) is 11.5 Å². The Hall–Kier alpha value is -2.37. The van der Waals surface area contributed by atoms with E-state index in [4.69, 9.17) is 0 Å². The van der Waals surface area contributed by atoms with Crippen molar-refractivity contribution in [1.29, 1.82) is 0 Å². The van der Waals surface area contributed by atoms with Gasteiger partial charge in [0, 0.05) is 12.2 Å². The van der Waals surface area contributed by atoms with Gasteiger partial charge in [-0.05, 0) is 48.4 Å². The summed E-state index contributed by atoms with van der Waals surface area (Å²) in [6, 6.07) is 10.7. The van der Waals surface area contributed by atoms with Crippen molar-refractivity contribution < 1.29 is 23.0 Å². The summed E-state index contributed by atoms with van der Waals surface area (Å²) in [5, 5.41) is 12.5. The lowest BCUT2D eigenvalue weighted by Crippen LogP contribution is -2.17. The van der Waals surface area contributed by atoms with Crippen molar-refractivity contribution in [1.82, 2.24) is 0 Å². The predicted molar refractivity (Wildman–Crippen MR) is 73.3 cm³/mol. The number of hydrogen-bond acceptors (Lipinski definition) is 3. The monoisotopic (exact) mass is 297 g/mol. The van der Waals surface area contributed by atoms with Crippen LogP contribution in [0.3, 0.4) is 0 Å². The Bertz CT molecular complexity index is 609. The number of aromatic hydroxyl groups is 1. The van der Waals surface area contributed by atoms with Gasteiger partial charge in [0.25, 0.3) is 0 Å². The number of anilines is 1. The Kier molecular flexibility index (Phi) is 4.26. The zero-order chi connectivity index (χ0) is 15.5. The molecule has 0 aliphatic heterocycles. The van der Waals surface area contributed by atoms with Crippen molar-refractivity contribution in [2.75, 3.05) is 5.32 Å². The van der Waals surface area contributed by atoms with E-state index in [0.717, 1.165) is 16.8 Å². The third-order valence-corrected chi connectivity index (χ3v) is 2.85. The second-order valence-corrected chi connectivity index (χ2v) is 4.55. The van der Waals surface area contributed by atoms with E-state index < -0.39 is 6.36 Å². The average Bonchev–Trinajstić information content (AvgIpc) is 2.40. The second kappa shape index (κ2) is 5.95. The van der Waals surface area contributed by atoms with E-state index in [2.05, 4.69) is 10.1 Å². The van der Waals surface area contributed by atoms with Crippen LogP contribution < -0.4 is 10.1 Å². The minimum atomic E-state index is -4.68. The number of benzene rings is 2. The van der Waals surface area contributed by atoms with Crippen molar-refractivity contribution in [3.05, 3.63) is 53.6 Å². The van der Waals surface area contributed by atoms with Crippen LogP contribution >= 0.6 is 0 Å². The van der Waals surface area contributed by atoms with Crippen LogP contribution in [0.2, 0.25) is 0 Å². The molecule has 0 amide bonds. The molecule has 0 unspecified atom stereocenters. The van der Waals surface area contributed by atoms with E-state index in [9.17, 15) is 18.3 Å². The summed E-state index contributed by atoms with van der Waals surface area (Å²) in [5.74, 6) is -0.0269. The lowest BCUT2D eigenvalue weighted by molar-refractivity contribution is -0.274. The predicted octanol–water partition coefficient (Wildman–Crippen LogP) is 4.21. The smallest absolute Gasteiger partial charge is 0.508 e. The van der Waals surface area contributed by atoms with Gasteiger partial charge in [0.05, 0.1) is 0 Å². The molecule has 0 aromatic heterocycles. The SMILES string of the molecule is Cc1cc(NCc2ccc(OC(F)(F)F)cc2)ccc1O. The Labute approximate surface area is 120 Å². The third-order valence-electron chi connectivity index (χ3n) is 2.85. The number of alkyl halides is 3. The first kappa shape index (κ1) is 15.0. The third kappa shape index (κ3) is 4.59. The molecule has 0 heterocycles. The van der Waals surface area contributed by atoms with E-state index in [1.54, 1.807) is 37.3 Å². The highest BCUT2D eigenvalue weighted by Gasteiger charge is 2.30. The number of hydrogen-bond donors (Lipinski definition) is 2. The Morgan fingerprint density at radius 3 is 2.33 bits per heavy atom. The van der Waals surface area contributed by atoms with Gasteiger partial charge in [-0.25, -0.2) is 0 Å². The molecule has 0 radical (unpaired) electrons. The maximum atomic E-state index is 12.0. The first-order chi connectivity index (χ1) is 9.83. The van der Waals surface area contributed by atoms with Gasteiger partial charge in [-0.1, -0.05) is 12.1 Å². The molecule has 0 saturated carbocycles. The minimum Gasteiger partial charge on any atom is -0.508 e. The average molecular weight is 297 g/mol. The highest BCUT2D eigenvalue weighted by atomic mass is 19.4. The number of phenols is 1. The Morgan fingerprint density at radius 2 is 1.76 bits per heavy atom. The summed E-state index contributed by atoms with van der Waals surface area (Å²) in [7, 11) is 0. The fourth-order valence-corrected chi connectivity index (χ4v) is 1.78. The lowest BCUT2D eigenvalue weighted by Gasteiger charge is -2.10. The van der Waals surface area contributed by atoms with Gasteiger partial charge in [0.2, 0.25) is 0 Å². The molecule has 0 fully saturated rings. The lowest BCUT2D eigenvalue weighted by atomic mass is 10.2. The van der Waals surface area contributed by atoms with Gasteiger partial charge in [0.15, 0.2) is 0 Å². The van der Waals surface area contributed by atoms with Crippen LogP contribution in [0.4, 0.5) is 18.9 Å². The molecule has 0 aliphatic rings. The second-order valence-electron chi connectivity index (χ2n) is 4.55. The van der Waals surface area contributed by atoms with Crippen LogP contribution in [0.5, 0.6) is 11.5 Å². The molecular formula is C15H14F3NO2. The van der Waals surface area contributed by atoms with Gasteiger partial charge in [-0.15, -0.1) is 13.2 Å². The highest BCUT2D eigenvalue weighted by Crippen LogP contribution is 2.23. The number of rotatable bonds is 4. The molecule has 6 heteroatoms. The summed E-state index contributed by atoms with van der Waals surface area (Å²) >= 11 is 0. The summed E-state index contributed by atoms with van der Waals surface area (Å²) in [5.41, 5.74) is 2.38. The molecule has 21 heavy (non-hydrogen) atoms. The van der Waals surface area contributed by atoms with Gasteiger partial charge in [-0.3, -0.25) is 0 Å². The van der Waals surface area contributed by atoms with Crippen molar-refractivity contribution in [2.24, 2.45) is 0 Å². The van der Waals surface area contributed by atoms with Gasteiger partial charge in [0.1, 0.15) is 11.5 Å². The quantitative estimate of drug-likeness (QED) is 0.831. The molecule has 112 valence electrons. The minimum absolute atomic E-state index is 0.217. The van der Waals surface area contributed by atoms with E-state index >= 15 is 0 Å². The molecule has 0 saturated heterocycles.